The third kappa shape index (κ3) is 3.76. The summed E-state index contributed by atoms with van der Waals surface area (Å²) in [7, 11) is 0. The van der Waals surface area contributed by atoms with Crippen LogP contribution < -0.4 is 4.90 Å². The molecule has 7 aromatic carbocycles. The second kappa shape index (κ2) is 9.80. The van der Waals surface area contributed by atoms with Crippen molar-refractivity contribution in [1.29, 1.82) is 0 Å². The van der Waals surface area contributed by atoms with Crippen LogP contribution in [-0.2, 0) is 0 Å². The average Bonchev–Trinajstić information content (AvgIpc) is 3.50. The molecule has 0 spiro atoms. The number of aromatic nitrogens is 3. The van der Waals surface area contributed by atoms with E-state index in [1.165, 1.54) is 52.8 Å². The summed E-state index contributed by atoms with van der Waals surface area (Å²) < 4.78 is 2.53. The molecule has 0 N–H and O–H groups in total. The van der Waals surface area contributed by atoms with Crippen LogP contribution in [-0.4, -0.2) is 15.0 Å². The summed E-state index contributed by atoms with van der Waals surface area (Å²) in [5.41, 5.74) is 6.45. The van der Waals surface area contributed by atoms with E-state index in [-0.39, 0.29) is 0 Å². The lowest BCUT2D eigenvalue weighted by molar-refractivity contribution is 1.02. The molecule has 0 fully saturated rings. The zero-order chi connectivity index (χ0) is 30.2. The Morgan fingerprint density at radius 3 is 2.07 bits per heavy atom. The fourth-order valence-electron chi connectivity index (χ4n) is 6.97. The van der Waals surface area contributed by atoms with Crippen molar-refractivity contribution in [3.8, 4) is 33.9 Å². The summed E-state index contributed by atoms with van der Waals surface area (Å²) in [6.07, 6.45) is 0. The van der Waals surface area contributed by atoms with E-state index >= 15 is 0 Å². The molecule has 10 rings (SSSR count). The van der Waals surface area contributed by atoms with E-state index in [1.807, 2.05) is 29.5 Å². The lowest BCUT2D eigenvalue weighted by Crippen LogP contribution is -2.19. The average molecular weight is 605 g/mol. The van der Waals surface area contributed by atoms with E-state index in [4.69, 9.17) is 15.0 Å². The predicted octanol–water partition coefficient (Wildman–Crippen LogP) is 11.3. The Morgan fingerprint density at radius 2 is 1.17 bits per heavy atom. The molecule has 4 nitrogen and oxygen atoms in total. The van der Waals surface area contributed by atoms with Crippen molar-refractivity contribution in [3.05, 3.63) is 146 Å². The largest absolute Gasteiger partial charge is 0.278 e. The van der Waals surface area contributed by atoms with Crippen molar-refractivity contribution in [2.24, 2.45) is 0 Å². The van der Waals surface area contributed by atoms with Crippen molar-refractivity contribution in [2.45, 2.75) is 0 Å². The SMILES string of the molecule is c1ccc(-c2nc(-c3ccc4sc5ccccc5c4c3)nc(N3c4ccc5ccccc5c4-c4cccc5cccc3c45)n2)cc1. The Hall–Kier alpha value is -5.91. The Bertz CT molecular complexity index is 2650. The molecular weight excluding hydrogens is 581 g/mol. The van der Waals surface area contributed by atoms with Gasteiger partial charge in [0.15, 0.2) is 11.6 Å². The first kappa shape index (κ1) is 25.4. The van der Waals surface area contributed by atoms with Gasteiger partial charge in [0, 0.05) is 42.2 Å². The summed E-state index contributed by atoms with van der Waals surface area (Å²) in [5, 5.41) is 7.26. The quantitative estimate of drug-likeness (QED) is 0.201. The molecule has 0 aliphatic carbocycles. The van der Waals surface area contributed by atoms with Gasteiger partial charge in [-0.25, -0.2) is 4.98 Å². The summed E-state index contributed by atoms with van der Waals surface area (Å²) >= 11 is 1.81. The second-order valence-electron chi connectivity index (χ2n) is 11.7. The standard InChI is InChI=1S/C41H24N4S/c1-2-11-27(12-3-1)39-42-40(28-21-23-36-32(24-28)30-16-6-7-19-35(30)46-36)44-41(43-39)45-33-18-9-14-26-13-8-17-31(37(26)33)38-29-15-5-4-10-25(29)20-22-34(38)45/h1-24H. The molecule has 0 saturated heterocycles. The van der Waals surface area contributed by atoms with Gasteiger partial charge in [0.1, 0.15) is 0 Å². The second-order valence-corrected chi connectivity index (χ2v) is 12.7. The number of hydrogen-bond donors (Lipinski definition) is 0. The van der Waals surface area contributed by atoms with Crippen LogP contribution in [0.3, 0.4) is 0 Å². The van der Waals surface area contributed by atoms with Gasteiger partial charge in [-0.2, -0.15) is 9.97 Å². The zero-order valence-corrected chi connectivity index (χ0v) is 25.4. The van der Waals surface area contributed by atoms with Crippen LogP contribution >= 0.6 is 11.3 Å². The van der Waals surface area contributed by atoms with Gasteiger partial charge in [-0.1, -0.05) is 109 Å². The van der Waals surface area contributed by atoms with E-state index in [2.05, 4.69) is 132 Å². The van der Waals surface area contributed by atoms with E-state index in [0.717, 1.165) is 22.5 Å². The summed E-state index contributed by atoms with van der Waals surface area (Å²) in [6.45, 7) is 0. The lowest BCUT2D eigenvalue weighted by atomic mass is 9.88. The predicted molar refractivity (Wildman–Crippen MR) is 192 cm³/mol. The highest BCUT2D eigenvalue weighted by atomic mass is 32.1. The molecule has 1 aliphatic heterocycles. The molecule has 0 amide bonds. The highest BCUT2D eigenvalue weighted by Gasteiger charge is 2.30. The van der Waals surface area contributed by atoms with Crippen LogP contribution in [0.4, 0.5) is 17.3 Å². The molecular formula is C41H24N4S. The van der Waals surface area contributed by atoms with Crippen molar-refractivity contribution in [1.82, 2.24) is 15.0 Å². The number of nitrogens with zero attached hydrogens (tertiary/aromatic N) is 4. The maximum atomic E-state index is 5.27. The smallest absolute Gasteiger partial charge is 0.238 e. The maximum Gasteiger partial charge on any atom is 0.238 e. The number of benzene rings is 7. The molecule has 0 saturated carbocycles. The third-order valence-corrected chi connectivity index (χ3v) is 10.2. The molecule has 0 atom stereocenters. The molecule has 214 valence electrons. The van der Waals surface area contributed by atoms with E-state index in [0.29, 0.717) is 17.6 Å². The Morgan fingerprint density at radius 1 is 0.457 bits per heavy atom. The fourth-order valence-corrected chi connectivity index (χ4v) is 8.05. The first-order valence-corrected chi connectivity index (χ1v) is 16.2. The first-order chi connectivity index (χ1) is 22.8. The lowest BCUT2D eigenvalue weighted by Gasteiger charge is -2.32. The Balaban J connectivity index is 1.28. The van der Waals surface area contributed by atoms with Crippen molar-refractivity contribution in [2.75, 3.05) is 4.90 Å². The molecule has 0 unspecified atom stereocenters. The fraction of sp³-hybridized carbons (Fsp3) is 0. The van der Waals surface area contributed by atoms with Gasteiger partial charge >= 0.3 is 0 Å². The first-order valence-electron chi connectivity index (χ1n) is 15.4. The van der Waals surface area contributed by atoms with Crippen LogP contribution in [0.5, 0.6) is 0 Å². The molecule has 5 heteroatoms. The van der Waals surface area contributed by atoms with Gasteiger partial charge in [-0.05, 0) is 58.1 Å². The number of fused-ring (bicyclic) bond motifs is 7. The minimum Gasteiger partial charge on any atom is -0.278 e. The maximum absolute atomic E-state index is 5.27. The molecule has 2 aromatic heterocycles. The Labute approximate surface area is 268 Å². The van der Waals surface area contributed by atoms with Gasteiger partial charge in [0.25, 0.3) is 0 Å². The van der Waals surface area contributed by atoms with Gasteiger partial charge < -0.3 is 0 Å². The molecule has 0 radical (unpaired) electrons. The van der Waals surface area contributed by atoms with Crippen molar-refractivity contribution in [3.63, 3.8) is 0 Å². The van der Waals surface area contributed by atoms with Crippen LogP contribution in [0, 0.1) is 0 Å². The van der Waals surface area contributed by atoms with E-state index in [9.17, 15) is 0 Å². The van der Waals surface area contributed by atoms with Crippen molar-refractivity contribution < 1.29 is 0 Å². The summed E-state index contributed by atoms with van der Waals surface area (Å²) in [4.78, 5) is 17.8. The van der Waals surface area contributed by atoms with Crippen molar-refractivity contribution >= 4 is 70.4 Å². The summed E-state index contributed by atoms with van der Waals surface area (Å²) in [5.74, 6) is 1.89. The van der Waals surface area contributed by atoms with E-state index < -0.39 is 0 Å². The van der Waals surface area contributed by atoms with Crippen LogP contribution in [0.1, 0.15) is 0 Å². The van der Waals surface area contributed by atoms with Gasteiger partial charge in [-0.3, -0.25) is 4.90 Å². The minimum absolute atomic E-state index is 0.595. The topological polar surface area (TPSA) is 41.9 Å². The normalized spacial score (nSPS) is 12.3. The van der Waals surface area contributed by atoms with Crippen LogP contribution in [0.2, 0.25) is 0 Å². The zero-order valence-electron chi connectivity index (χ0n) is 24.6. The highest BCUT2D eigenvalue weighted by Crippen LogP contribution is 2.52. The van der Waals surface area contributed by atoms with Crippen LogP contribution in [0.15, 0.2) is 146 Å². The molecule has 1 aliphatic rings. The monoisotopic (exact) mass is 604 g/mol. The minimum atomic E-state index is 0.595. The number of rotatable bonds is 3. The Kier molecular flexibility index (Phi) is 5.41. The van der Waals surface area contributed by atoms with Gasteiger partial charge in [-0.15, -0.1) is 11.3 Å². The summed E-state index contributed by atoms with van der Waals surface area (Å²) in [6, 6.07) is 51.4. The molecule has 46 heavy (non-hydrogen) atoms. The molecule has 9 aromatic rings. The number of thiophene rings is 1. The third-order valence-electron chi connectivity index (χ3n) is 9.03. The highest BCUT2D eigenvalue weighted by molar-refractivity contribution is 7.25. The number of anilines is 3. The van der Waals surface area contributed by atoms with E-state index in [1.54, 1.807) is 0 Å². The molecule has 0 bridgehead atoms. The van der Waals surface area contributed by atoms with Gasteiger partial charge in [0.2, 0.25) is 5.95 Å². The molecule has 3 heterocycles. The van der Waals surface area contributed by atoms with Gasteiger partial charge in [0.05, 0.1) is 11.4 Å². The van der Waals surface area contributed by atoms with Crippen LogP contribution in [0.25, 0.3) is 75.6 Å². The number of hydrogen-bond acceptors (Lipinski definition) is 5.